The molecule has 2 amide bonds. The van der Waals surface area contributed by atoms with E-state index in [0.29, 0.717) is 0 Å². The van der Waals surface area contributed by atoms with Crippen LogP contribution in [0.5, 0.6) is 0 Å². The van der Waals surface area contributed by atoms with Crippen molar-refractivity contribution in [3.63, 3.8) is 0 Å². The summed E-state index contributed by atoms with van der Waals surface area (Å²) in [4.78, 5) is 24.4. The number of hydrogen-bond donors (Lipinski definition) is 3. The zero-order valence-electron chi connectivity index (χ0n) is 18.8. The smallest absolute Gasteiger partial charge is 0.405 e. The van der Waals surface area contributed by atoms with E-state index < -0.39 is 33.4 Å². The van der Waals surface area contributed by atoms with Gasteiger partial charge >= 0.3 is 6.09 Å². The number of carbonyl (C=O) groups is 2. The fourth-order valence-corrected chi connectivity index (χ4v) is 4.73. The summed E-state index contributed by atoms with van der Waals surface area (Å²) in [5.74, 6) is -0.498. The van der Waals surface area contributed by atoms with Gasteiger partial charge in [-0.25, -0.2) is 13.2 Å². The van der Waals surface area contributed by atoms with Crippen molar-refractivity contribution < 1.29 is 27.9 Å². The monoisotopic (exact) mass is 485 g/mol. The summed E-state index contributed by atoms with van der Waals surface area (Å²) in [6, 6.07) is 15.3. The number of rotatable bonds is 8. The molecule has 0 spiro atoms. The van der Waals surface area contributed by atoms with Gasteiger partial charge in [-0.2, -0.15) is 5.26 Å². The van der Waals surface area contributed by atoms with Gasteiger partial charge in [0.15, 0.2) is 9.84 Å². The minimum absolute atomic E-state index is 0.0406. The van der Waals surface area contributed by atoms with Gasteiger partial charge in [-0.15, -0.1) is 0 Å². The molecule has 0 aromatic heterocycles. The SMILES string of the molecule is CCS(=O)(=O)c1ccc(-c2ccc(CC(C#N)NC(=O)C3(NC(=O)O)CCOCC3)cc2)cc1. The first-order chi connectivity index (χ1) is 16.2. The van der Waals surface area contributed by atoms with Gasteiger partial charge in [0.25, 0.3) is 0 Å². The molecule has 1 heterocycles. The molecule has 180 valence electrons. The van der Waals surface area contributed by atoms with Crippen LogP contribution in [0.25, 0.3) is 11.1 Å². The van der Waals surface area contributed by atoms with Gasteiger partial charge in [0.1, 0.15) is 11.6 Å². The van der Waals surface area contributed by atoms with Gasteiger partial charge in [0, 0.05) is 32.5 Å². The van der Waals surface area contributed by atoms with Crippen molar-refractivity contribution in [1.29, 1.82) is 5.26 Å². The first-order valence-corrected chi connectivity index (χ1v) is 12.6. The van der Waals surface area contributed by atoms with Crippen molar-refractivity contribution in [3.8, 4) is 17.2 Å². The summed E-state index contributed by atoms with van der Waals surface area (Å²) >= 11 is 0. The summed E-state index contributed by atoms with van der Waals surface area (Å²) in [5.41, 5.74) is 1.23. The Kier molecular flexibility index (Phi) is 7.91. The minimum atomic E-state index is -3.26. The van der Waals surface area contributed by atoms with Crippen molar-refractivity contribution in [3.05, 3.63) is 54.1 Å². The maximum atomic E-state index is 12.9. The maximum Gasteiger partial charge on any atom is 0.405 e. The molecule has 3 rings (SSSR count). The van der Waals surface area contributed by atoms with Crippen LogP contribution in [0.1, 0.15) is 25.3 Å². The summed E-state index contributed by atoms with van der Waals surface area (Å²) in [5, 5.41) is 23.7. The molecule has 0 saturated carbocycles. The van der Waals surface area contributed by atoms with E-state index in [1.54, 1.807) is 31.2 Å². The Labute approximate surface area is 198 Å². The number of nitrogens with one attached hydrogen (secondary N) is 2. The minimum Gasteiger partial charge on any atom is -0.465 e. The van der Waals surface area contributed by atoms with E-state index in [2.05, 4.69) is 16.7 Å². The zero-order chi connectivity index (χ0) is 24.8. The summed E-state index contributed by atoms with van der Waals surface area (Å²) in [7, 11) is -3.26. The number of carboxylic acid groups (broad SMARTS) is 1. The van der Waals surface area contributed by atoms with Gasteiger partial charge in [-0.1, -0.05) is 43.3 Å². The molecule has 1 aliphatic rings. The average molecular weight is 486 g/mol. The second-order valence-electron chi connectivity index (χ2n) is 8.11. The van der Waals surface area contributed by atoms with Crippen LogP contribution in [0.4, 0.5) is 4.79 Å². The number of hydrogen-bond acceptors (Lipinski definition) is 6. The van der Waals surface area contributed by atoms with Gasteiger partial charge in [-0.3, -0.25) is 4.79 Å². The molecule has 1 fully saturated rings. The van der Waals surface area contributed by atoms with Crippen LogP contribution in [-0.2, 0) is 25.8 Å². The maximum absolute atomic E-state index is 12.9. The Balaban J connectivity index is 1.68. The lowest BCUT2D eigenvalue weighted by atomic mass is 9.88. The number of ether oxygens (including phenoxy) is 1. The Morgan fingerprint density at radius 1 is 1.09 bits per heavy atom. The molecule has 3 N–H and O–H groups in total. The molecule has 0 radical (unpaired) electrons. The summed E-state index contributed by atoms with van der Waals surface area (Å²) < 4.78 is 29.2. The third kappa shape index (κ3) is 5.92. The standard InChI is InChI=1S/C24H27N3O6S/c1-2-34(31,32)21-9-7-19(8-10-21)18-5-3-17(4-6-18)15-20(16-25)26-22(28)24(27-23(29)30)11-13-33-14-12-24/h3-10,20,27H,2,11-15H2,1H3,(H,26,28)(H,29,30). The third-order valence-electron chi connectivity index (χ3n) is 5.91. The fourth-order valence-electron chi connectivity index (χ4n) is 3.85. The van der Waals surface area contributed by atoms with Crippen LogP contribution >= 0.6 is 0 Å². The highest BCUT2D eigenvalue weighted by molar-refractivity contribution is 7.91. The fraction of sp³-hybridized carbons (Fsp3) is 0.375. The highest BCUT2D eigenvalue weighted by atomic mass is 32.2. The quantitative estimate of drug-likeness (QED) is 0.521. The van der Waals surface area contributed by atoms with Crippen molar-refractivity contribution in [2.45, 2.75) is 42.7 Å². The van der Waals surface area contributed by atoms with E-state index in [4.69, 9.17) is 9.84 Å². The third-order valence-corrected chi connectivity index (χ3v) is 7.66. The molecule has 1 unspecified atom stereocenters. The Morgan fingerprint density at radius 3 is 2.15 bits per heavy atom. The van der Waals surface area contributed by atoms with Crippen molar-refractivity contribution in [1.82, 2.24) is 10.6 Å². The van der Waals surface area contributed by atoms with E-state index >= 15 is 0 Å². The molecule has 2 aromatic carbocycles. The summed E-state index contributed by atoms with van der Waals surface area (Å²) in [6.45, 7) is 2.10. The lowest BCUT2D eigenvalue weighted by Gasteiger charge is -2.36. The topological polar surface area (TPSA) is 146 Å². The number of amides is 2. The normalized spacial score (nSPS) is 16.1. The number of benzene rings is 2. The van der Waals surface area contributed by atoms with Crippen LogP contribution in [-0.4, -0.2) is 56.1 Å². The summed E-state index contributed by atoms with van der Waals surface area (Å²) in [6.07, 6.45) is -0.677. The van der Waals surface area contributed by atoms with Crippen LogP contribution < -0.4 is 10.6 Å². The largest absolute Gasteiger partial charge is 0.465 e. The van der Waals surface area contributed by atoms with Crippen LogP contribution in [0.3, 0.4) is 0 Å². The predicted molar refractivity (Wildman–Crippen MR) is 125 cm³/mol. The number of nitrogens with zero attached hydrogens (tertiary/aromatic N) is 1. The average Bonchev–Trinajstić information content (AvgIpc) is 2.84. The second-order valence-corrected chi connectivity index (χ2v) is 10.4. The highest BCUT2D eigenvalue weighted by Gasteiger charge is 2.42. The molecule has 1 aliphatic heterocycles. The lowest BCUT2D eigenvalue weighted by Crippen LogP contribution is -2.62. The van der Waals surface area contributed by atoms with Gasteiger partial charge in [-0.05, 0) is 28.8 Å². The Bertz CT molecular complexity index is 1160. The van der Waals surface area contributed by atoms with E-state index in [1.165, 1.54) is 0 Å². The van der Waals surface area contributed by atoms with E-state index in [1.807, 2.05) is 24.3 Å². The molecule has 1 atom stereocenters. The molecule has 0 aliphatic carbocycles. The molecular weight excluding hydrogens is 458 g/mol. The highest BCUT2D eigenvalue weighted by Crippen LogP contribution is 2.24. The molecular formula is C24H27N3O6S. The number of sulfone groups is 1. The predicted octanol–water partition coefficient (Wildman–Crippen LogP) is 2.51. The first-order valence-electron chi connectivity index (χ1n) is 10.9. The van der Waals surface area contributed by atoms with Crippen molar-refractivity contribution in [2.24, 2.45) is 0 Å². The van der Waals surface area contributed by atoms with Crippen molar-refractivity contribution in [2.75, 3.05) is 19.0 Å². The molecule has 1 saturated heterocycles. The van der Waals surface area contributed by atoms with E-state index in [0.717, 1.165) is 16.7 Å². The van der Waals surface area contributed by atoms with E-state index in [9.17, 15) is 23.3 Å². The second kappa shape index (κ2) is 10.7. The van der Waals surface area contributed by atoms with Crippen molar-refractivity contribution >= 4 is 21.8 Å². The van der Waals surface area contributed by atoms with Crippen LogP contribution in [0.2, 0.25) is 0 Å². The first kappa shape index (κ1) is 25.2. The zero-order valence-corrected chi connectivity index (χ0v) is 19.6. The molecule has 0 bridgehead atoms. The molecule has 2 aromatic rings. The van der Waals surface area contributed by atoms with Crippen LogP contribution in [0.15, 0.2) is 53.4 Å². The molecule has 9 nitrogen and oxygen atoms in total. The van der Waals surface area contributed by atoms with Gasteiger partial charge in [0.2, 0.25) is 5.91 Å². The van der Waals surface area contributed by atoms with Gasteiger partial charge < -0.3 is 20.5 Å². The lowest BCUT2D eigenvalue weighted by molar-refractivity contribution is -0.131. The Morgan fingerprint density at radius 2 is 1.65 bits per heavy atom. The Hall–Kier alpha value is -3.42. The van der Waals surface area contributed by atoms with Crippen LogP contribution in [0, 0.1) is 11.3 Å². The van der Waals surface area contributed by atoms with Gasteiger partial charge in [0.05, 0.1) is 16.7 Å². The van der Waals surface area contributed by atoms with E-state index in [-0.39, 0.29) is 43.1 Å². The number of nitriles is 1. The molecule has 34 heavy (non-hydrogen) atoms. The number of carbonyl (C=O) groups excluding carboxylic acids is 1. The molecule has 10 heteroatoms.